The van der Waals surface area contributed by atoms with Gasteiger partial charge in [0.1, 0.15) is 5.03 Å². The summed E-state index contributed by atoms with van der Waals surface area (Å²) in [6.07, 6.45) is 4.59. The molecule has 2 rings (SSSR count). The minimum Gasteiger partial charge on any atom is -0.197 e. The molecular weight excluding hydrogens is 146 g/mol. The Balaban J connectivity index is 1.79. The largest absolute Gasteiger partial charge is 0.197 e. The van der Waals surface area contributed by atoms with Crippen LogP contribution >= 0.6 is 11.8 Å². The van der Waals surface area contributed by atoms with Gasteiger partial charge in [0, 0.05) is 5.75 Å². The molecule has 1 aliphatic rings. The summed E-state index contributed by atoms with van der Waals surface area (Å²) >= 11 is 1.79. The highest BCUT2D eigenvalue weighted by Crippen LogP contribution is 2.34. The van der Waals surface area contributed by atoms with Gasteiger partial charge >= 0.3 is 0 Å². The molecule has 1 saturated carbocycles. The number of rotatable bonds is 3. The van der Waals surface area contributed by atoms with Crippen molar-refractivity contribution in [1.82, 2.24) is 15.4 Å². The summed E-state index contributed by atoms with van der Waals surface area (Å²) in [4.78, 5) is 0. The SMILES string of the molecule is c1n[nH]nc1SCC1CC1. The molecule has 0 bridgehead atoms. The quantitative estimate of drug-likeness (QED) is 0.669. The van der Waals surface area contributed by atoms with E-state index in [1.165, 1.54) is 18.6 Å². The van der Waals surface area contributed by atoms with Crippen LogP contribution in [0.5, 0.6) is 0 Å². The Bertz CT molecular complexity index is 193. The second-order valence-electron chi connectivity index (χ2n) is 2.56. The third-order valence-corrected chi connectivity index (χ3v) is 2.69. The predicted octanol–water partition coefficient (Wildman–Crippen LogP) is 1.31. The summed E-state index contributed by atoms with van der Waals surface area (Å²) in [6, 6.07) is 0. The zero-order valence-electron chi connectivity index (χ0n) is 5.58. The molecule has 0 atom stereocenters. The zero-order valence-corrected chi connectivity index (χ0v) is 6.40. The normalized spacial score (nSPS) is 17.6. The monoisotopic (exact) mass is 155 g/mol. The smallest absolute Gasteiger partial charge is 0.138 e. The Kier molecular flexibility index (Phi) is 1.63. The number of thioether (sulfide) groups is 1. The van der Waals surface area contributed by atoms with Crippen molar-refractivity contribution in [2.75, 3.05) is 5.75 Å². The maximum Gasteiger partial charge on any atom is 0.138 e. The number of aromatic amines is 1. The summed E-state index contributed by atoms with van der Waals surface area (Å²) in [5.74, 6) is 2.17. The third kappa shape index (κ3) is 1.50. The van der Waals surface area contributed by atoms with Crippen LogP contribution in [0.3, 0.4) is 0 Å². The van der Waals surface area contributed by atoms with Crippen molar-refractivity contribution in [3.63, 3.8) is 0 Å². The lowest BCUT2D eigenvalue weighted by Gasteiger charge is -1.90. The summed E-state index contributed by atoms with van der Waals surface area (Å²) in [5.41, 5.74) is 0. The summed E-state index contributed by atoms with van der Waals surface area (Å²) in [7, 11) is 0. The molecule has 1 fully saturated rings. The Hall–Kier alpha value is -0.510. The lowest BCUT2D eigenvalue weighted by Crippen LogP contribution is -1.80. The predicted molar refractivity (Wildman–Crippen MR) is 39.8 cm³/mol. The third-order valence-electron chi connectivity index (χ3n) is 1.56. The van der Waals surface area contributed by atoms with Crippen LogP contribution in [0.4, 0.5) is 0 Å². The molecule has 1 aromatic rings. The van der Waals surface area contributed by atoms with Gasteiger partial charge in [-0.05, 0) is 18.8 Å². The van der Waals surface area contributed by atoms with Crippen molar-refractivity contribution in [2.24, 2.45) is 5.92 Å². The summed E-state index contributed by atoms with van der Waals surface area (Å²) in [6.45, 7) is 0. The van der Waals surface area contributed by atoms with Gasteiger partial charge in [-0.3, -0.25) is 0 Å². The number of nitrogens with one attached hydrogen (secondary N) is 1. The van der Waals surface area contributed by atoms with Crippen LogP contribution in [-0.4, -0.2) is 21.2 Å². The van der Waals surface area contributed by atoms with Crippen molar-refractivity contribution >= 4 is 11.8 Å². The Morgan fingerprint density at radius 2 is 2.60 bits per heavy atom. The summed E-state index contributed by atoms with van der Waals surface area (Å²) < 4.78 is 0. The van der Waals surface area contributed by atoms with E-state index in [0.29, 0.717) is 0 Å². The molecule has 0 radical (unpaired) electrons. The molecule has 0 saturated heterocycles. The molecule has 10 heavy (non-hydrogen) atoms. The van der Waals surface area contributed by atoms with Crippen molar-refractivity contribution in [1.29, 1.82) is 0 Å². The van der Waals surface area contributed by atoms with Gasteiger partial charge < -0.3 is 0 Å². The van der Waals surface area contributed by atoms with E-state index in [4.69, 9.17) is 0 Å². The second kappa shape index (κ2) is 2.62. The van der Waals surface area contributed by atoms with E-state index in [9.17, 15) is 0 Å². The van der Waals surface area contributed by atoms with Crippen LogP contribution in [0, 0.1) is 5.92 Å². The molecule has 0 amide bonds. The van der Waals surface area contributed by atoms with Gasteiger partial charge in [0.15, 0.2) is 0 Å². The topological polar surface area (TPSA) is 41.6 Å². The van der Waals surface area contributed by atoms with Gasteiger partial charge in [0.2, 0.25) is 0 Å². The molecule has 0 aromatic carbocycles. The van der Waals surface area contributed by atoms with Gasteiger partial charge in [0.25, 0.3) is 0 Å². The number of hydrogen-bond acceptors (Lipinski definition) is 3. The van der Waals surface area contributed by atoms with Gasteiger partial charge in [-0.25, -0.2) is 0 Å². The van der Waals surface area contributed by atoms with E-state index >= 15 is 0 Å². The molecule has 1 heterocycles. The highest BCUT2D eigenvalue weighted by Gasteiger charge is 2.21. The van der Waals surface area contributed by atoms with Gasteiger partial charge in [-0.1, -0.05) is 0 Å². The first-order valence-electron chi connectivity index (χ1n) is 3.44. The van der Waals surface area contributed by atoms with Crippen LogP contribution in [-0.2, 0) is 0 Å². The number of nitrogens with zero attached hydrogens (tertiary/aromatic N) is 2. The number of H-pyrrole nitrogens is 1. The standard InChI is InChI=1S/C6H9N3S/c1-2-5(1)4-10-6-3-7-9-8-6/h3,5H,1-2,4H2,(H,7,8,9). The molecule has 4 heteroatoms. The molecule has 3 nitrogen and oxygen atoms in total. The first kappa shape index (κ1) is 6.22. The van der Waals surface area contributed by atoms with E-state index in [-0.39, 0.29) is 0 Å². The van der Waals surface area contributed by atoms with Gasteiger partial charge in [0.05, 0.1) is 6.20 Å². The molecule has 1 aliphatic carbocycles. The van der Waals surface area contributed by atoms with Crippen molar-refractivity contribution in [3.8, 4) is 0 Å². The molecule has 1 N–H and O–H groups in total. The lowest BCUT2D eigenvalue weighted by molar-refractivity contribution is 0.908. The lowest BCUT2D eigenvalue weighted by atomic mass is 10.5. The Morgan fingerprint density at radius 1 is 1.70 bits per heavy atom. The van der Waals surface area contributed by atoms with E-state index < -0.39 is 0 Å². The average Bonchev–Trinajstić information content (AvgIpc) is 2.63. The van der Waals surface area contributed by atoms with Gasteiger partial charge in [-0.2, -0.15) is 10.3 Å². The Morgan fingerprint density at radius 3 is 3.20 bits per heavy atom. The fourth-order valence-electron chi connectivity index (χ4n) is 0.748. The molecule has 54 valence electrons. The van der Waals surface area contributed by atoms with E-state index in [1.54, 1.807) is 18.0 Å². The first-order chi connectivity index (χ1) is 4.95. The molecule has 0 spiro atoms. The number of aromatic nitrogens is 3. The Labute approximate surface area is 63.6 Å². The average molecular weight is 155 g/mol. The van der Waals surface area contributed by atoms with E-state index in [1.807, 2.05) is 0 Å². The number of hydrogen-bond donors (Lipinski definition) is 1. The van der Waals surface area contributed by atoms with Crippen molar-refractivity contribution in [3.05, 3.63) is 6.20 Å². The summed E-state index contributed by atoms with van der Waals surface area (Å²) in [5, 5.41) is 11.3. The molecule has 0 aliphatic heterocycles. The van der Waals surface area contributed by atoms with Crippen molar-refractivity contribution < 1.29 is 0 Å². The highest BCUT2D eigenvalue weighted by atomic mass is 32.2. The fraction of sp³-hybridized carbons (Fsp3) is 0.667. The van der Waals surface area contributed by atoms with Crippen molar-refractivity contribution in [2.45, 2.75) is 17.9 Å². The zero-order chi connectivity index (χ0) is 6.81. The maximum absolute atomic E-state index is 3.94. The maximum atomic E-state index is 3.94. The van der Waals surface area contributed by atoms with E-state index in [0.717, 1.165) is 10.9 Å². The van der Waals surface area contributed by atoms with Crippen LogP contribution in [0.1, 0.15) is 12.8 Å². The second-order valence-corrected chi connectivity index (χ2v) is 3.60. The first-order valence-corrected chi connectivity index (χ1v) is 4.42. The fourth-order valence-corrected chi connectivity index (χ4v) is 1.72. The van der Waals surface area contributed by atoms with Crippen LogP contribution in [0.2, 0.25) is 0 Å². The minimum atomic E-state index is 0.960. The van der Waals surface area contributed by atoms with Crippen LogP contribution in [0.15, 0.2) is 11.2 Å². The minimum absolute atomic E-state index is 0.960. The molecular formula is C6H9N3S. The van der Waals surface area contributed by atoms with E-state index in [2.05, 4.69) is 15.4 Å². The molecule has 0 unspecified atom stereocenters. The molecule has 1 aromatic heterocycles. The van der Waals surface area contributed by atoms with Gasteiger partial charge in [-0.15, -0.1) is 16.9 Å². The van der Waals surface area contributed by atoms with Crippen LogP contribution in [0.25, 0.3) is 0 Å². The highest BCUT2D eigenvalue weighted by molar-refractivity contribution is 7.99. The van der Waals surface area contributed by atoms with Crippen LogP contribution < -0.4 is 0 Å².